The van der Waals surface area contributed by atoms with Crippen LogP contribution in [0.3, 0.4) is 0 Å². The zero-order valence-corrected chi connectivity index (χ0v) is 11.3. The number of para-hydroxylation sites is 1. The van der Waals surface area contributed by atoms with E-state index in [1.807, 2.05) is 6.07 Å². The maximum Gasteiger partial charge on any atom is 0.147 e. The molecule has 0 saturated heterocycles. The number of hydrogen-bond donors (Lipinski definition) is 1. The molecule has 2 aromatic carbocycles. The Morgan fingerprint density at radius 1 is 1.20 bits per heavy atom. The van der Waals surface area contributed by atoms with Gasteiger partial charge in [0.1, 0.15) is 5.82 Å². The van der Waals surface area contributed by atoms with Crippen LogP contribution in [-0.4, -0.2) is 12.2 Å². The Labute approximate surface area is 117 Å². The molecule has 20 heavy (non-hydrogen) atoms. The lowest BCUT2D eigenvalue weighted by Crippen LogP contribution is -2.14. The van der Waals surface area contributed by atoms with Gasteiger partial charge in [0.25, 0.3) is 0 Å². The van der Waals surface area contributed by atoms with Crippen LogP contribution >= 0.6 is 0 Å². The highest BCUT2D eigenvalue weighted by atomic mass is 19.1. The van der Waals surface area contributed by atoms with Crippen LogP contribution in [0, 0.1) is 17.1 Å². The van der Waals surface area contributed by atoms with Crippen LogP contribution in [0.2, 0.25) is 0 Å². The third kappa shape index (κ3) is 2.63. The first-order valence-electron chi connectivity index (χ1n) is 6.25. The van der Waals surface area contributed by atoms with Crippen LogP contribution in [0.1, 0.15) is 24.2 Å². The first kappa shape index (κ1) is 14.0. The summed E-state index contributed by atoms with van der Waals surface area (Å²) in [5, 5.41) is 18.6. The average Bonchev–Trinajstić information content (AvgIpc) is 2.46. The van der Waals surface area contributed by atoms with E-state index >= 15 is 0 Å². The van der Waals surface area contributed by atoms with Crippen molar-refractivity contribution in [3.05, 3.63) is 59.4 Å². The first-order chi connectivity index (χ1) is 9.54. The summed E-state index contributed by atoms with van der Waals surface area (Å²) in [5.41, 5.74) is 2.16. The minimum atomic E-state index is -0.762. The molecule has 3 nitrogen and oxygen atoms in total. The highest BCUT2D eigenvalue weighted by Crippen LogP contribution is 2.33. The van der Waals surface area contributed by atoms with Gasteiger partial charge in [-0.3, -0.25) is 0 Å². The summed E-state index contributed by atoms with van der Waals surface area (Å²) in [6.07, 6.45) is -0.762. The minimum Gasteiger partial charge on any atom is -0.389 e. The number of nitriles is 1. The number of aliphatic hydroxyl groups is 1. The number of halogens is 1. The largest absolute Gasteiger partial charge is 0.389 e. The van der Waals surface area contributed by atoms with Gasteiger partial charge in [-0.05, 0) is 37.3 Å². The maximum absolute atomic E-state index is 14.1. The van der Waals surface area contributed by atoms with Crippen LogP contribution in [-0.2, 0) is 0 Å². The van der Waals surface area contributed by atoms with Crippen molar-refractivity contribution >= 4 is 11.4 Å². The van der Waals surface area contributed by atoms with Crippen LogP contribution in [0.5, 0.6) is 0 Å². The second-order valence-electron chi connectivity index (χ2n) is 4.57. The SMILES string of the molecule is C[C@H](O)c1cccc(F)c1N(C)c1ccc(C#N)cc1. The summed E-state index contributed by atoms with van der Waals surface area (Å²) < 4.78 is 14.1. The van der Waals surface area contributed by atoms with Crippen LogP contribution in [0.15, 0.2) is 42.5 Å². The Morgan fingerprint density at radius 2 is 1.85 bits per heavy atom. The van der Waals surface area contributed by atoms with E-state index in [1.165, 1.54) is 6.07 Å². The van der Waals surface area contributed by atoms with Crippen molar-refractivity contribution in [2.75, 3.05) is 11.9 Å². The van der Waals surface area contributed by atoms with E-state index in [2.05, 4.69) is 0 Å². The maximum atomic E-state index is 14.1. The van der Waals surface area contributed by atoms with Gasteiger partial charge < -0.3 is 10.0 Å². The van der Waals surface area contributed by atoms with E-state index in [1.54, 1.807) is 55.3 Å². The zero-order chi connectivity index (χ0) is 14.7. The third-order valence-electron chi connectivity index (χ3n) is 3.19. The number of rotatable bonds is 3. The molecule has 4 heteroatoms. The molecule has 0 unspecified atom stereocenters. The van der Waals surface area contributed by atoms with Gasteiger partial charge in [0.2, 0.25) is 0 Å². The fourth-order valence-corrected chi connectivity index (χ4v) is 2.11. The van der Waals surface area contributed by atoms with Gasteiger partial charge in [0.15, 0.2) is 0 Å². The van der Waals surface area contributed by atoms with Crippen molar-refractivity contribution in [3.63, 3.8) is 0 Å². The Morgan fingerprint density at radius 3 is 2.40 bits per heavy atom. The normalized spacial score (nSPS) is 11.8. The van der Waals surface area contributed by atoms with Crippen molar-refractivity contribution in [1.82, 2.24) is 0 Å². The van der Waals surface area contributed by atoms with E-state index in [0.29, 0.717) is 16.8 Å². The van der Waals surface area contributed by atoms with Crippen molar-refractivity contribution < 1.29 is 9.50 Å². The molecule has 0 fully saturated rings. The fourth-order valence-electron chi connectivity index (χ4n) is 2.11. The number of benzene rings is 2. The fraction of sp³-hybridized carbons (Fsp3) is 0.188. The van der Waals surface area contributed by atoms with Crippen molar-refractivity contribution in [2.24, 2.45) is 0 Å². The molecule has 2 aromatic rings. The summed E-state index contributed by atoms with van der Waals surface area (Å²) >= 11 is 0. The second-order valence-corrected chi connectivity index (χ2v) is 4.57. The molecule has 1 atom stereocenters. The average molecular weight is 270 g/mol. The molecule has 0 bridgehead atoms. The van der Waals surface area contributed by atoms with Gasteiger partial charge in [0.05, 0.1) is 23.4 Å². The molecule has 0 amide bonds. The zero-order valence-electron chi connectivity index (χ0n) is 11.3. The summed E-state index contributed by atoms with van der Waals surface area (Å²) in [5.74, 6) is -0.393. The third-order valence-corrected chi connectivity index (χ3v) is 3.19. The minimum absolute atomic E-state index is 0.340. The van der Waals surface area contributed by atoms with Crippen LogP contribution < -0.4 is 4.90 Å². The highest BCUT2D eigenvalue weighted by Gasteiger charge is 2.17. The summed E-state index contributed by atoms with van der Waals surface area (Å²) in [6, 6.07) is 13.5. The van der Waals surface area contributed by atoms with E-state index in [4.69, 9.17) is 5.26 Å². The number of aliphatic hydroxyl groups excluding tert-OH is 1. The molecule has 102 valence electrons. The topological polar surface area (TPSA) is 47.3 Å². The Bertz CT molecular complexity index is 645. The van der Waals surface area contributed by atoms with Crippen LogP contribution in [0.25, 0.3) is 0 Å². The number of hydrogen-bond acceptors (Lipinski definition) is 3. The lowest BCUT2D eigenvalue weighted by Gasteiger charge is -2.24. The number of nitrogens with zero attached hydrogens (tertiary/aromatic N) is 2. The lowest BCUT2D eigenvalue weighted by molar-refractivity contribution is 0.199. The molecule has 0 aliphatic heterocycles. The lowest BCUT2D eigenvalue weighted by atomic mass is 10.1. The van der Waals surface area contributed by atoms with E-state index < -0.39 is 11.9 Å². The molecule has 0 aliphatic carbocycles. The molecule has 0 aliphatic rings. The molecule has 0 radical (unpaired) electrons. The predicted octanol–water partition coefficient (Wildman–Crippen LogP) is 3.52. The predicted molar refractivity (Wildman–Crippen MR) is 76.3 cm³/mol. The quantitative estimate of drug-likeness (QED) is 0.928. The van der Waals surface area contributed by atoms with Gasteiger partial charge in [-0.25, -0.2) is 4.39 Å². The van der Waals surface area contributed by atoms with Crippen molar-refractivity contribution in [3.8, 4) is 6.07 Å². The van der Waals surface area contributed by atoms with Crippen molar-refractivity contribution in [1.29, 1.82) is 5.26 Å². The second kappa shape index (κ2) is 5.72. The Balaban J connectivity index is 2.47. The van der Waals surface area contributed by atoms with E-state index in [9.17, 15) is 9.50 Å². The monoisotopic (exact) mass is 270 g/mol. The smallest absolute Gasteiger partial charge is 0.147 e. The summed E-state index contributed by atoms with van der Waals surface area (Å²) in [7, 11) is 1.73. The first-order valence-corrected chi connectivity index (χ1v) is 6.25. The van der Waals surface area contributed by atoms with Gasteiger partial charge in [-0.1, -0.05) is 12.1 Å². The standard InChI is InChI=1S/C16H15FN2O/c1-11(20)14-4-3-5-15(17)16(14)19(2)13-8-6-12(10-18)7-9-13/h3-9,11,20H,1-2H3/t11-/m0/s1. The van der Waals surface area contributed by atoms with E-state index in [0.717, 1.165) is 5.69 Å². The summed E-state index contributed by atoms with van der Waals surface area (Å²) in [6.45, 7) is 1.60. The Kier molecular flexibility index (Phi) is 4.02. The number of anilines is 2. The molecular weight excluding hydrogens is 255 g/mol. The highest BCUT2D eigenvalue weighted by molar-refractivity contribution is 5.67. The van der Waals surface area contributed by atoms with E-state index in [-0.39, 0.29) is 0 Å². The van der Waals surface area contributed by atoms with Gasteiger partial charge in [-0.2, -0.15) is 5.26 Å². The molecule has 0 saturated carbocycles. The van der Waals surface area contributed by atoms with Crippen LogP contribution in [0.4, 0.5) is 15.8 Å². The molecule has 2 rings (SSSR count). The van der Waals surface area contributed by atoms with Gasteiger partial charge >= 0.3 is 0 Å². The van der Waals surface area contributed by atoms with Gasteiger partial charge in [-0.15, -0.1) is 0 Å². The van der Waals surface area contributed by atoms with Crippen molar-refractivity contribution in [2.45, 2.75) is 13.0 Å². The van der Waals surface area contributed by atoms with Gasteiger partial charge in [0, 0.05) is 18.3 Å². The molecule has 0 heterocycles. The molecule has 0 aromatic heterocycles. The Hall–Kier alpha value is -2.38. The molecule has 0 spiro atoms. The molecular formula is C16H15FN2O. The summed E-state index contributed by atoms with van der Waals surface area (Å²) in [4.78, 5) is 1.67. The molecule has 1 N–H and O–H groups in total.